The van der Waals surface area contributed by atoms with Crippen LogP contribution in [-0.2, 0) is 38.1 Å². The molecule has 4 unspecified atom stereocenters. The van der Waals surface area contributed by atoms with E-state index in [0.717, 1.165) is 11.7 Å². The van der Waals surface area contributed by atoms with Gasteiger partial charge in [0.15, 0.2) is 24.3 Å². The number of carbonyl (C=O) groups is 4. The zero-order valence-corrected chi connectivity index (χ0v) is 30.8. The van der Waals surface area contributed by atoms with E-state index >= 15 is 0 Å². The Morgan fingerprint density at radius 3 is 2.45 bits per heavy atom. The standard InChI is InChI=1S/C33H47N9O13/c1-15-7-10-41(20(45)6-9-34)12-18(15)40(3)28-17-8-11-42(29(17)36-14-35-28)33(50)39-38-30(49)27-26(51-4)23(47)24(48)32(55-27)54-25-21(37-16(2)44)31(52-5)53-19(13-43)22(25)46/h8,11,14-15,18-19,21-27,31-32,43,46-48H,6-7,10,12-13H2,1-5H3,(H,37,44)(H,38,49)(H,39,50)/t15-,18+,19?,21?,22-,23-,24?,25-,26+,27?,31-,32-/m1/s1. The van der Waals surface area contributed by atoms with E-state index in [1.165, 1.54) is 26.6 Å². The number of carbonyl (C=O) groups excluding carboxylic acids is 4. The van der Waals surface area contributed by atoms with E-state index in [4.69, 9.17) is 28.9 Å². The maximum atomic E-state index is 13.5. The molecular weight excluding hydrogens is 730 g/mol. The lowest BCUT2D eigenvalue weighted by Crippen LogP contribution is -2.69. The molecule has 2 aromatic rings. The highest BCUT2D eigenvalue weighted by Gasteiger charge is 2.53. The predicted octanol–water partition coefficient (Wildman–Crippen LogP) is -3.32. The topological polar surface area (TPSA) is 292 Å². The number of nitrogens with one attached hydrogen (secondary N) is 3. The molecule has 0 saturated carbocycles. The Balaban J connectivity index is 1.30. The number of hydrazine groups is 1. The number of anilines is 1. The van der Waals surface area contributed by atoms with Gasteiger partial charge >= 0.3 is 6.03 Å². The number of likely N-dealkylation sites (tertiary alicyclic amines) is 1. The highest BCUT2D eigenvalue weighted by Crippen LogP contribution is 2.32. The second-order valence-electron chi connectivity index (χ2n) is 13.5. The van der Waals surface area contributed by atoms with Gasteiger partial charge in [-0.3, -0.25) is 24.4 Å². The minimum absolute atomic E-state index is 0.152. The molecular formula is C33H47N9O13. The quantitative estimate of drug-likeness (QED) is 0.116. The summed E-state index contributed by atoms with van der Waals surface area (Å²) in [5.41, 5.74) is 4.68. The molecule has 5 heterocycles. The summed E-state index contributed by atoms with van der Waals surface area (Å²) >= 11 is 0. The minimum atomic E-state index is -1.85. The lowest BCUT2D eigenvalue weighted by Gasteiger charge is -2.47. The average molecular weight is 778 g/mol. The van der Waals surface area contributed by atoms with Crippen LogP contribution in [0.5, 0.6) is 0 Å². The van der Waals surface area contributed by atoms with Gasteiger partial charge in [0.1, 0.15) is 61.2 Å². The maximum Gasteiger partial charge on any atom is 0.345 e. The Morgan fingerprint density at radius 1 is 1.05 bits per heavy atom. The average Bonchev–Trinajstić information content (AvgIpc) is 3.61. The molecule has 3 fully saturated rings. The molecule has 5 rings (SSSR count). The van der Waals surface area contributed by atoms with E-state index in [0.29, 0.717) is 30.7 Å². The van der Waals surface area contributed by atoms with E-state index in [-0.39, 0.29) is 29.9 Å². The van der Waals surface area contributed by atoms with Crippen LogP contribution in [-0.4, -0.2) is 172 Å². The van der Waals surface area contributed by atoms with Crippen LogP contribution in [0.3, 0.4) is 0 Å². The van der Waals surface area contributed by atoms with Gasteiger partial charge in [-0.25, -0.2) is 20.2 Å². The molecule has 3 aliphatic rings. The Bertz CT molecular complexity index is 1740. The van der Waals surface area contributed by atoms with Gasteiger partial charge < -0.3 is 59.2 Å². The summed E-state index contributed by atoms with van der Waals surface area (Å²) in [7, 11) is 4.23. The number of fused-ring (bicyclic) bond motifs is 1. The van der Waals surface area contributed by atoms with Crippen LogP contribution in [0.1, 0.15) is 26.7 Å². The number of nitrogens with zero attached hydrogens (tertiary/aromatic N) is 6. The summed E-state index contributed by atoms with van der Waals surface area (Å²) in [4.78, 5) is 63.6. The lowest BCUT2D eigenvalue weighted by atomic mass is 9.92. The third-order valence-corrected chi connectivity index (χ3v) is 10.1. The van der Waals surface area contributed by atoms with E-state index in [1.54, 1.807) is 11.0 Å². The molecule has 0 radical (unpaired) electrons. The Labute approximate surface area is 315 Å². The number of amides is 4. The van der Waals surface area contributed by atoms with E-state index in [9.17, 15) is 39.6 Å². The number of methoxy groups -OCH3 is 2. The summed E-state index contributed by atoms with van der Waals surface area (Å²) in [5.74, 6) is -1.18. The van der Waals surface area contributed by atoms with Crippen LogP contribution < -0.4 is 21.1 Å². The maximum absolute atomic E-state index is 13.5. The molecule has 0 aliphatic carbocycles. The molecule has 302 valence electrons. The first-order valence-corrected chi connectivity index (χ1v) is 17.5. The van der Waals surface area contributed by atoms with Crippen molar-refractivity contribution in [2.45, 2.75) is 94.1 Å². The molecule has 0 spiro atoms. The first-order valence-electron chi connectivity index (χ1n) is 17.5. The van der Waals surface area contributed by atoms with Gasteiger partial charge in [0.05, 0.1) is 24.1 Å². The largest absolute Gasteiger partial charge is 0.394 e. The molecule has 22 nitrogen and oxygen atoms in total. The first kappa shape index (κ1) is 41.6. The van der Waals surface area contributed by atoms with Crippen molar-refractivity contribution in [3.05, 3.63) is 18.6 Å². The van der Waals surface area contributed by atoms with E-state index < -0.39 is 85.8 Å². The number of rotatable bonds is 10. The van der Waals surface area contributed by atoms with Crippen molar-refractivity contribution in [2.75, 3.05) is 45.9 Å². The van der Waals surface area contributed by atoms with Crippen LogP contribution in [0.15, 0.2) is 18.6 Å². The van der Waals surface area contributed by atoms with E-state index in [1.807, 2.05) is 18.0 Å². The number of hydrogen-bond acceptors (Lipinski definition) is 17. The highest BCUT2D eigenvalue weighted by molar-refractivity contribution is 5.95. The SMILES string of the molecule is CO[C@@H]1OC(CO)[C@@H](O)[C@H](O[C@@H]2OC(C(=O)NNC(=O)n3ccc4c(N(C)[C@H]5CN(C(=O)CC#N)CC[C@H]5C)ncnc43)[C@@H](OC)[C@H](O)C2O)C1NC(C)=O. The van der Waals surface area contributed by atoms with Crippen molar-refractivity contribution in [2.24, 2.45) is 5.92 Å². The number of aliphatic hydroxyl groups excluding tert-OH is 4. The second kappa shape index (κ2) is 17.9. The summed E-state index contributed by atoms with van der Waals surface area (Å²) in [6, 6.07) is 1.32. The van der Waals surface area contributed by atoms with Crippen molar-refractivity contribution in [1.82, 2.24) is 35.6 Å². The molecule has 7 N–H and O–H groups in total. The van der Waals surface area contributed by atoms with Crippen LogP contribution in [0.4, 0.5) is 10.6 Å². The Hall–Kier alpha value is -4.57. The van der Waals surface area contributed by atoms with Gasteiger partial charge in [0.2, 0.25) is 11.8 Å². The van der Waals surface area contributed by atoms with Gasteiger partial charge in [0.25, 0.3) is 5.91 Å². The number of likely N-dealkylation sites (N-methyl/N-ethyl adjacent to an activating group) is 1. The van der Waals surface area contributed by atoms with Crippen LogP contribution in [0.25, 0.3) is 11.0 Å². The minimum Gasteiger partial charge on any atom is -0.394 e. The molecule has 55 heavy (non-hydrogen) atoms. The van der Waals surface area contributed by atoms with Crippen molar-refractivity contribution in [3.63, 3.8) is 0 Å². The first-order chi connectivity index (χ1) is 26.3. The van der Waals surface area contributed by atoms with Crippen molar-refractivity contribution < 1.29 is 63.3 Å². The summed E-state index contributed by atoms with van der Waals surface area (Å²) in [6.45, 7) is 3.49. The molecule has 22 heteroatoms. The lowest BCUT2D eigenvalue weighted by molar-refractivity contribution is -0.338. The second-order valence-corrected chi connectivity index (χ2v) is 13.5. The number of nitriles is 1. The monoisotopic (exact) mass is 777 g/mol. The van der Waals surface area contributed by atoms with Crippen molar-refractivity contribution in [3.8, 4) is 6.07 Å². The van der Waals surface area contributed by atoms with Gasteiger partial charge in [-0.05, 0) is 18.4 Å². The number of aromatic nitrogens is 3. The van der Waals surface area contributed by atoms with Gasteiger partial charge in [-0.2, -0.15) is 5.26 Å². The third kappa shape index (κ3) is 8.64. The summed E-state index contributed by atoms with van der Waals surface area (Å²) < 4.78 is 28.8. The Kier molecular flexibility index (Phi) is 13.6. The molecule has 4 amide bonds. The van der Waals surface area contributed by atoms with Crippen LogP contribution in [0.2, 0.25) is 0 Å². The normalized spacial score (nSPS) is 32.3. The number of piperidine rings is 1. The molecule has 12 atom stereocenters. The van der Waals surface area contributed by atoms with Crippen molar-refractivity contribution >= 4 is 40.6 Å². The smallest absolute Gasteiger partial charge is 0.345 e. The Morgan fingerprint density at radius 2 is 1.80 bits per heavy atom. The zero-order chi connectivity index (χ0) is 40.1. The summed E-state index contributed by atoms with van der Waals surface area (Å²) in [6.07, 6.45) is -11.0. The van der Waals surface area contributed by atoms with Gasteiger partial charge in [-0.1, -0.05) is 6.92 Å². The fraction of sp³-hybridized carbons (Fsp3) is 0.667. The van der Waals surface area contributed by atoms with Gasteiger partial charge in [0, 0.05) is 47.5 Å². The van der Waals surface area contributed by atoms with Crippen LogP contribution in [0, 0.1) is 17.2 Å². The fourth-order valence-corrected chi connectivity index (χ4v) is 7.14. The molecule has 2 aromatic heterocycles. The molecule has 0 bridgehead atoms. The zero-order valence-electron chi connectivity index (χ0n) is 30.8. The molecule has 3 aliphatic heterocycles. The molecule has 3 saturated heterocycles. The predicted molar refractivity (Wildman–Crippen MR) is 185 cm³/mol. The third-order valence-electron chi connectivity index (χ3n) is 10.1. The fourth-order valence-electron chi connectivity index (χ4n) is 7.14. The van der Waals surface area contributed by atoms with E-state index in [2.05, 4.69) is 33.1 Å². The van der Waals surface area contributed by atoms with Crippen molar-refractivity contribution in [1.29, 1.82) is 5.26 Å². The highest BCUT2D eigenvalue weighted by atomic mass is 16.7. The van der Waals surface area contributed by atoms with Crippen LogP contribution >= 0.6 is 0 Å². The number of ether oxygens (including phenoxy) is 5. The number of aliphatic hydroxyl groups is 4. The number of hydrogen-bond donors (Lipinski definition) is 7. The summed E-state index contributed by atoms with van der Waals surface area (Å²) in [5, 5.41) is 54.6. The van der Waals surface area contributed by atoms with Gasteiger partial charge in [-0.15, -0.1) is 0 Å². The molecule has 0 aromatic carbocycles.